The van der Waals surface area contributed by atoms with Crippen molar-refractivity contribution in [1.29, 1.82) is 0 Å². The molecule has 0 saturated carbocycles. The van der Waals surface area contributed by atoms with Crippen molar-refractivity contribution in [2.75, 3.05) is 12.8 Å². The number of hydrogen-bond acceptors (Lipinski definition) is 3. The summed E-state index contributed by atoms with van der Waals surface area (Å²) in [6.45, 7) is 8.42. The fraction of sp³-hybridized carbons (Fsp3) is 0.600. The van der Waals surface area contributed by atoms with Gasteiger partial charge in [-0.25, -0.2) is 8.42 Å². The molecular formula is C15H23NO2S. The van der Waals surface area contributed by atoms with E-state index < -0.39 is 9.84 Å². The van der Waals surface area contributed by atoms with E-state index in [-0.39, 0.29) is 23.1 Å². The Bertz CT molecular complexity index is 585. The summed E-state index contributed by atoms with van der Waals surface area (Å²) in [5.41, 5.74) is 2.13. The summed E-state index contributed by atoms with van der Waals surface area (Å²) >= 11 is 0. The van der Waals surface area contributed by atoms with Gasteiger partial charge in [0, 0.05) is 6.04 Å². The number of sulfone groups is 1. The summed E-state index contributed by atoms with van der Waals surface area (Å²) in [4.78, 5) is 0.498. The van der Waals surface area contributed by atoms with Crippen molar-refractivity contribution < 1.29 is 8.42 Å². The molecule has 2 atom stereocenters. The Hall–Kier alpha value is -0.870. The smallest absolute Gasteiger partial charge is 0.179 e. The summed E-state index contributed by atoms with van der Waals surface area (Å²) < 4.78 is 24.6. The zero-order chi connectivity index (χ0) is 14.4. The summed E-state index contributed by atoms with van der Waals surface area (Å²) in [5, 5.41) is 3.26. The number of rotatable bonds is 1. The Kier molecular flexibility index (Phi) is 3.52. The van der Waals surface area contributed by atoms with E-state index >= 15 is 0 Å². The van der Waals surface area contributed by atoms with E-state index in [1.807, 2.05) is 20.0 Å². The molecule has 1 aliphatic heterocycles. The Labute approximate surface area is 116 Å². The van der Waals surface area contributed by atoms with Gasteiger partial charge in [0.1, 0.15) is 0 Å². The molecular weight excluding hydrogens is 258 g/mol. The molecule has 3 nitrogen and oxygen atoms in total. The van der Waals surface area contributed by atoms with Crippen LogP contribution in [-0.4, -0.2) is 21.2 Å². The molecule has 19 heavy (non-hydrogen) atoms. The highest BCUT2D eigenvalue weighted by atomic mass is 32.2. The van der Waals surface area contributed by atoms with E-state index in [2.05, 4.69) is 32.2 Å². The van der Waals surface area contributed by atoms with Crippen molar-refractivity contribution in [3.8, 4) is 0 Å². The summed E-state index contributed by atoms with van der Waals surface area (Å²) in [7, 11) is -1.24. The molecule has 0 aromatic heterocycles. The maximum atomic E-state index is 12.3. The Morgan fingerprint density at radius 1 is 1.26 bits per heavy atom. The molecule has 2 rings (SSSR count). The van der Waals surface area contributed by atoms with Crippen LogP contribution < -0.4 is 5.32 Å². The standard InChI is InChI=1S/C15H23NO2S/c1-10-9-19(17,18)13-7-6-11(15(2,3)4)8-12(13)14(10)16-5/h6-8,10,14,16H,9H2,1-5H3. The molecule has 0 fully saturated rings. The van der Waals surface area contributed by atoms with Crippen molar-refractivity contribution >= 4 is 9.84 Å². The lowest BCUT2D eigenvalue weighted by atomic mass is 9.84. The van der Waals surface area contributed by atoms with Crippen LogP contribution in [0.3, 0.4) is 0 Å². The third kappa shape index (κ3) is 2.56. The van der Waals surface area contributed by atoms with Crippen LogP contribution in [0.4, 0.5) is 0 Å². The molecule has 0 spiro atoms. The molecule has 0 amide bonds. The van der Waals surface area contributed by atoms with Gasteiger partial charge >= 0.3 is 0 Å². The molecule has 106 valence electrons. The van der Waals surface area contributed by atoms with E-state index in [0.29, 0.717) is 4.90 Å². The van der Waals surface area contributed by atoms with Crippen LogP contribution in [0.5, 0.6) is 0 Å². The van der Waals surface area contributed by atoms with Gasteiger partial charge in [-0.05, 0) is 35.6 Å². The van der Waals surface area contributed by atoms with Crippen molar-refractivity contribution in [3.05, 3.63) is 29.3 Å². The first-order valence-electron chi connectivity index (χ1n) is 6.71. The fourth-order valence-corrected chi connectivity index (χ4v) is 4.70. The fourth-order valence-electron chi connectivity index (χ4n) is 2.82. The first-order valence-corrected chi connectivity index (χ1v) is 8.36. The van der Waals surface area contributed by atoms with Gasteiger partial charge in [0.15, 0.2) is 9.84 Å². The van der Waals surface area contributed by atoms with Gasteiger partial charge in [0.2, 0.25) is 0 Å². The zero-order valence-electron chi connectivity index (χ0n) is 12.3. The first-order chi connectivity index (χ1) is 8.66. The summed E-state index contributed by atoms with van der Waals surface area (Å²) in [6.07, 6.45) is 0. The number of benzene rings is 1. The second kappa shape index (κ2) is 4.60. The lowest BCUT2D eigenvalue weighted by molar-refractivity contribution is 0.420. The van der Waals surface area contributed by atoms with Crippen molar-refractivity contribution in [2.24, 2.45) is 5.92 Å². The van der Waals surface area contributed by atoms with Gasteiger partial charge in [-0.2, -0.15) is 0 Å². The molecule has 1 aliphatic rings. The summed E-state index contributed by atoms with van der Waals surface area (Å²) in [5.74, 6) is 0.318. The van der Waals surface area contributed by atoms with Gasteiger partial charge in [0.05, 0.1) is 10.6 Å². The Morgan fingerprint density at radius 3 is 2.42 bits per heavy atom. The molecule has 0 saturated heterocycles. The molecule has 2 unspecified atom stereocenters. The van der Waals surface area contributed by atoms with E-state index in [9.17, 15) is 8.42 Å². The molecule has 0 aliphatic carbocycles. The average molecular weight is 281 g/mol. The number of hydrogen-bond donors (Lipinski definition) is 1. The van der Waals surface area contributed by atoms with Gasteiger partial charge in [0.25, 0.3) is 0 Å². The monoisotopic (exact) mass is 281 g/mol. The number of fused-ring (bicyclic) bond motifs is 1. The number of nitrogens with one attached hydrogen (secondary N) is 1. The predicted molar refractivity (Wildman–Crippen MR) is 78.2 cm³/mol. The average Bonchev–Trinajstić information content (AvgIpc) is 2.26. The van der Waals surface area contributed by atoms with Crippen molar-refractivity contribution in [3.63, 3.8) is 0 Å². The van der Waals surface area contributed by atoms with Crippen LogP contribution in [0, 0.1) is 5.92 Å². The molecule has 1 heterocycles. The van der Waals surface area contributed by atoms with Gasteiger partial charge in [-0.15, -0.1) is 0 Å². The largest absolute Gasteiger partial charge is 0.313 e. The second-order valence-corrected chi connectivity index (χ2v) is 8.53. The summed E-state index contributed by atoms with van der Waals surface area (Å²) in [6, 6.07) is 5.89. The minimum absolute atomic E-state index is 0.0256. The molecule has 1 N–H and O–H groups in total. The third-order valence-corrected chi connectivity index (χ3v) is 5.91. The Balaban J connectivity index is 2.66. The maximum absolute atomic E-state index is 12.3. The van der Waals surface area contributed by atoms with Crippen LogP contribution in [-0.2, 0) is 15.3 Å². The first kappa shape index (κ1) is 14.5. The van der Waals surface area contributed by atoms with Crippen LogP contribution in [0.15, 0.2) is 23.1 Å². The lowest BCUT2D eigenvalue weighted by Crippen LogP contribution is -2.35. The SMILES string of the molecule is CNC1c2cc(C(C)(C)C)ccc2S(=O)(=O)CC1C. The normalized spacial score (nSPS) is 25.9. The van der Waals surface area contributed by atoms with Crippen LogP contribution in [0.2, 0.25) is 0 Å². The van der Waals surface area contributed by atoms with E-state index in [1.54, 1.807) is 6.07 Å². The molecule has 4 heteroatoms. The highest BCUT2D eigenvalue weighted by Crippen LogP contribution is 2.38. The van der Waals surface area contributed by atoms with Gasteiger partial charge < -0.3 is 5.32 Å². The van der Waals surface area contributed by atoms with E-state index in [0.717, 1.165) is 5.56 Å². The second-order valence-electron chi connectivity index (χ2n) is 6.53. The van der Waals surface area contributed by atoms with E-state index in [4.69, 9.17) is 0 Å². The lowest BCUT2D eigenvalue weighted by Gasteiger charge is -2.32. The predicted octanol–water partition coefficient (Wildman–Crippen LogP) is 2.67. The van der Waals surface area contributed by atoms with Gasteiger partial charge in [-0.3, -0.25) is 0 Å². The minimum Gasteiger partial charge on any atom is -0.313 e. The van der Waals surface area contributed by atoms with E-state index in [1.165, 1.54) is 5.56 Å². The highest BCUT2D eigenvalue weighted by Gasteiger charge is 2.35. The molecule has 1 aromatic carbocycles. The van der Waals surface area contributed by atoms with Gasteiger partial charge in [-0.1, -0.05) is 39.8 Å². The minimum atomic E-state index is -3.14. The molecule has 1 aromatic rings. The van der Waals surface area contributed by atoms with Crippen LogP contribution in [0.25, 0.3) is 0 Å². The van der Waals surface area contributed by atoms with Crippen LogP contribution >= 0.6 is 0 Å². The van der Waals surface area contributed by atoms with Crippen molar-refractivity contribution in [1.82, 2.24) is 5.32 Å². The quantitative estimate of drug-likeness (QED) is 0.861. The zero-order valence-corrected chi connectivity index (χ0v) is 13.1. The third-order valence-electron chi connectivity index (χ3n) is 3.91. The topological polar surface area (TPSA) is 46.2 Å². The maximum Gasteiger partial charge on any atom is 0.179 e. The van der Waals surface area contributed by atoms with Crippen molar-refractivity contribution in [2.45, 2.75) is 44.0 Å². The Morgan fingerprint density at radius 2 is 1.89 bits per heavy atom. The van der Waals surface area contributed by atoms with Crippen LogP contribution in [0.1, 0.15) is 44.9 Å². The molecule has 0 radical (unpaired) electrons. The highest BCUT2D eigenvalue weighted by molar-refractivity contribution is 7.91. The molecule has 0 bridgehead atoms.